The van der Waals surface area contributed by atoms with Crippen molar-refractivity contribution in [3.05, 3.63) is 148 Å². The molecule has 17 nitrogen and oxygen atoms in total. The molecule has 3 fully saturated rings. The van der Waals surface area contributed by atoms with Crippen molar-refractivity contribution in [1.29, 1.82) is 0 Å². The van der Waals surface area contributed by atoms with Crippen LogP contribution in [0.3, 0.4) is 0 Å². The van der Waals surface area contributed by atoms with Gasteiger partial charge in [0.15, 0.2) is 11.7 Å². The van der Waals surface area contributed by atoms with Crippen LogP contribution in [0.2, 0.25) is 0 Å². The summed E-state index contributed by atoms with van der Waals surface area (Å²) in [6.45, 7) is 5.92. The molecule has 0 spiro atoms. The fourth-order valence-electron chi connectivity index (χ4n) is 11.7. The molecule has 0 unspecified atom stereocenters. The van der Waals surface area contributed by atoms with Crippen LogP contribution in [0.15, 0.2) is 120 Å². The molecule has 5 heterocycles. The number of carbonyl (C=O) groups is 3. The van der Waals surface area contributed by atoms with Gasteiger partial charge in [-0.25, -0.2) is 14.8 Å². The molecular formula is C61H66N10O7. The number of H-pyrrole nitrogens is 1. The molecule has 11 rings (SSSR count). The number of amides is 3. The molecule has 4 aromatic carbocycles. The van der Waals surface area contributed by atoms with Gasteiger partial charge in [-0.15, -0.1) is 6.42 Å². The summed E-state index contributed by atoms with van der Waals surface area (Å²) in [6.07, 6.45) is 12.7. The van der Waals surface area contributed by atoms with E-state index in [1.165, 1.54) is 7.05 Å². The highest BCUT2D eigenvalue weighted by molar-refractivity contribution is 5.97. The minimum Gasteiger partial charge on any atom is -0.436 e. The lowest BCUT2D eigenvalue weighted by molar-refractivity contribution is -0.133. The number of hydrogen-bond donors (Lipinski definition) is 4. The Balaban J connectivity index is 0.900. The summed E-state index contributed by atoms with van der Waals surface area (Å²) in [4.78, 5) is 74.0. The van der Waals surface area contributed by atoms with Crippen molar-refractivity contribution in [3.63, 3.8) is 0 Å². The van der Waals surface area contributed by atoms with Crippen LogP contribution in [0.25, 0.3) is 44.1 Å². The van der Waals surface area contributed by atoms with Gasteiger partial charge in [-0.1, -0.05) is 90.8 Å². The summed E-state index contributed by atoms with van der Waals surface area (Å²) in [5.74, 6) is 1.87. The Bertz CT molecular complexity index is 3440. The zero-order valence-corrected chi connectivity index (χ0v) is 44.4. The Hall–Kier alpha value is -7.88. The molecule has 0 radical (unpaired) electrons. The fraction of sp³-hybridized carbons (Fsp3) is 0.377. The largest absolute Gasteiger partial charge is 0.436 e. The Morgan fingerprint density at radius 1 is 0.897 bits per heavy atom. The van der Waals surface area contributed by atoms with Crippen LogP contribution >= 0.6 is 0 Å². The van der Waals surface area contributed by atoms with Crippen molar-refractivity contribution in [1.82, 2.24) is 40.0 Å². The highest BCUT2D eigenvalue weighted by Crippen LogP contribution is 2.46. The quantitative estimate of drug-likeness (QED) is 0.0386. The minimum absolute atomic E-state index is 0.0316. The fourth-order valence-corrected chi connectivity index (χ4v) is 11.7. The molecule has 4 aliphatic rings. The number of nitrogens with two attached hydrogens (primary N) is 1. The standard InChI is InChI=1S/C61H66N10O7/c1-5-28-65-60(2)26-32-70(33-27-60)41-24-30-71(31-25-41)58-66-50-22-19-39(49-36-68(3)57(74)53-45(49)23-29-63-53)34-48(50)55(67-58)61(78-42-20-21-42,40-13-7-6-8-14-40)37-76-38-64-56(73)51(35-52(62)72)69(4)59(75)77-54-46-17-11-9-15-43(46)44-16-10-12-18-47(44)54/h1,6-19,22-23,29,34,36,41-42,51,54,63,65H,20-21,24-28,30-33,35,37-38H2,2-4H3,(H2,62,72)(H,64,73)/t51-,61-/m0/s1. The lowest BCUT2D eigenvalue weighted by Gasteiger charge is -2.45. The maximum absolute atomic E-state index is 14.2. The second-order valence-electron chi connectivity index (χ2n) is 21.5. The van der Waals surface area contributed by atoms with Crippen molar-refractivity contribution >= 4 is 45.7 Å². The predicted octanol–water partition coefficient (Wildman–Crippen LogP) is 7.12. The van der Waals surface area contributed by atoms with Crippen molar-refractivity contribution in [2.24, 2.45) is 12.8 Å². The molecule has 0 bridgehead atoms. The molecule has 2 aliphatic heterocycles. The van der Waals surface area contributed by atoms with Gasteiger partial charge in [0.25, 0.3) is 5.56 Å². The summed E-state index contributed by atoms with van der Waals surface area (Å²) in [5, 5.41) is 7.91. The highest BCUT2D eigenvalue weighted by atomic mass is 16.6. The summed E-state index contributed by atoms with van der Waals surface area (Å²) in [7, 11) is 3.16. The first kappa shape index (κ1) is 52.2. The molecule has 3 amide bonds. The number of fused-ring (bicyclic) bond motifs is 5. The number of nitrogens with one attached hydrogen (secondary N) is 3. The van der Waals surface area contributed by atoms with E-state index in [4.69, 9.17) is 36.3 Å². The van der Waals surface area contributed by atoms with E-state index in [1.54, 1.807) is 17.8 Å². The van der Waals surface area contributed by atoms with Crippen LogP contribution in [-0.2, 0) is 36.4 Å². The monoisotopic (exact) mass is 1050 g/mol. The van der Waals surface area contributed by atoms with E-state index in [0.29, 0.717) is 35.3 Å². The van der Waals surface area contributed by atoms with Crippen molar-refractivity contribution < 1.29 is 28.6 Å². The minimum atomic E-state index is -1.35. The zero-order chi connectivity index (χ0) is 54.1. The Kier molecular flexibility index (Phi) is 14.6. The molecule has 2 saturated heterocycles. The van der Waals surface area contributed by atoms with Crippen molar-refractivity contribution in [2.75, 3.05) is 58.0 Å². The van der Waals surface area contributed by atoms with Crippen LogP contribution in [0, 0.1) is 12.3 Å². The van der Waals surface area contributed by atoms with Gasteiger partial charge >= 0.3 is 6.09 Å². The number of likely N-dealkylation sites (tertiary alicyclic amines) is 1. The van der Waals surface area contributed by atoms with Gasteiger partial charge in [0, 0.05) is 91.7 Å². The molecule has 2 aliphatic carbocycles. The second-order valence-corrected chi connectivity index (χ2v) is 21.5. The van der Waals surface area contributed by atoms with E-state index in [-0.39, 0.29) is 30.5 Å². The van der Waals surface area contributed by atoms with Crippen LogP contribution in [-0.4, -0.2) is 124 Å². The number of aromatic nitrogens is 4. The summed E-state index contributed by atoms with van der Waals surface area (Å²) < 4.78 is 21.6. The number of benzene rings is 4. The maximum Gasteiger partial charge on any atom is 0.411 e. The summed E-state index contributed by atoms with van der Waals surface area (Å²) in [6, 6.07) is 32.4. The first-order chi connectivity index (χ1) is 37.8. The number of aryl methyl sites for hydroxylation is 1. The lowest BCUT2D eigenvalue weighted by Crippen LogP contribution is -2.55. The van der Waals surface area contributed by atoms with Gasteiger partial charge in [-0.05, 0) is 85.9 Å². The summed E-state index contributed by atoms with van der Waals surface area (Å²) >= 11 is 0. The average molecular weight is 1050 g/mol. The average Bonchev–Trinajstić information content (AvgIpc) is 4.21. The first-order valence-electron chi connectivity index (χ1n) is 27.0. The molecule has 3 aromatic heterocycles. The lowest BCUT2D eigenvalue weighted by atomic mass is 9.87. The second kappa shape index (κ2) is 21.9. The molecule has 7 aromatic rings. The van der Waals surface area contributed by atoms with E-state index in [9.17, 15) is 19.2 Å². The maximum atomic E-state index is 14.2. The van der Waals surface area contributed by atoms with Gasteiger partial charge in [0.05, 0.1) is 36.9 Å². The van der Waals surface area contributed by atoms with Crippen LogP contribution in [0.4, 0.5) is 10.7 Å². The molecular weight excluding hydrogens is 985 g/mol. The highest BCUT2D eigenvalue weighted by Gasteiger charge is 2.45. The van der Waals surface area contributed by atoms with Gasteiger partial charge < -0.3 is 49.9 Å². The van der Waals surface area contributed by atoms with Gasteiger partial charge in [0.1, 0.15) is 18.3 Å². The predicted molar refractivity (Wildman–Crippen MR) is 299 cm³/mol. The molecule has 17 heteroatoms. The number of hydrogen-bond acceptors (Lipinski definition) is 12. The van der Waals surface area contributed by atoms with E-state index in [2.05, 4.69) is 44.3 Å². The number of piperidine rings is 2. The van der Waals surface area contributed by atoms with Gasteiger partial charge in [-0.3, -0.25) is 19.3 Å². The van der Waals surface area contributed by atoms with Crippen LogP contribution in [0.5, 0.6) is 0 Å². The normalized spacial score (nSPS) is 17.7. The van der Waals surface area contributed by atoms with Crippen LogP contribution in [0.1, 0.15) is 80.4 Å². The smallest absolute Gasteiger partial charge is 0.411 e. The topological polar surface area (TPSA) is 202 Å². The number of ether oxygens (including phenoxy) is 3. The third-order valence-corrected chi connectivity index (χ3v) is 16.3. The van der Waals surface area contributed by atoms with E-state index in [1.807, 2.05) is 103 Å². The number of pyridine rings is 1. The number of primary amides is 1. The van der Waals surface area contributed by atoms with Crippen LogP contribution < -0.4 is 26.8 Å². The van der Waals surface area contributed by atoms with E-state index >= 15 is 0 Å². The Morgan fingerprint density at radius 2 is 1.59 bits per heavy atom. The van der Waals surface area contributed by atoms with Gasteiger partial charge in [-0.2, -0.15) is 0 Å². The third kappa shape index (κ3) is 10.4. The molecule has 78 heavy (non-hydrogen) atoms. The first-order valence-corrected chi connectivity index (χ1v) is 27.0. The Labute approximate surface area is 453 Å². The number of aromatic amines is 1. The van der Waals surface area contributed by atoms with E-state index < -0.39 is 42.1 Å². The third-order valence-electron chi connectivity index (χ3n) is 16.3. The van der Waals surface area contributed by atoms with E-state index in [0.717, 1.165) is 119 Å². The molecule has 5 N–H and O–H groups in total. The Morgan fingerprint density at radius 3 is 2.27 bits per heavy atom. The van der Waals surface area contributed by atoms with Gasteiger partial charge in [0.2, 0.25) is 17.8 Å². The number of carbonyl (C=O) groups excluding carboxylic acids is 3. The number of terminal acetylenes is 1. The number of likely N-dealkylation sites (N-methyl/N-ethyl adjacent to an activating group) is 1. The van der Waals surface area contributed by atoms with Crippen molar-refractivity contribution in [3.8, 4) is 34.6 Å². The molecule has 1 saturated carbocycles. The molecule has 2 atom stereocenters. The zero-order valence-electron chi connectivity index (χ0n) is 44.4. The summed E-state index contributed by atoms with van der Waals surface area (Å²) in [5.41, 5.74) is 12.1. The molecule has 402 valence electrons. The number of nitrogens with zero attached hydrogens (tertiary/aromatic N) is 6. The van der Waals surface area contributed by atoms with Crippen molar-refractivity contribution in [2.45, 2.75) is 87.3 Å². The SMILES string of the molecule is C#CCNC1(C)CCN(C2CCN(c3nc([C@@](COCNC(=O)[C@H](CC(N)=O)N(C)C(=O)OC4c5ccccc5-c5ccccc54)(OC4CC4)c4ccccc4)c4cc(-c5cn(C)c(=O)c6[nH]ccc56)ccc4n3)CC2)CC1. The number of rotatable bonds is 18. The number of anilines is 1.